The number of hydrogen-bond donors (Lipinski definition) is 0. The Hall–Kier alpha value is -4.36. The number of aromatic nitrogens is 1. The van der Waals surface area contributed by atoms with Gasteiger partial charge in [-0.2, -0.15) is 0 Å². The first-order valence-corrected chi connectivity index (χ1v) is 17.3. The zero-order chi connectivity index (χ0) is 31.3. The number of amidine groups is 1. The third-order valence-electron chi connectivity index (χ3n) is 8.47. The van der Waals surface area contributed by atoms with Crippen LogP contribution in [0.4, 0.5) is 5.00 Å². The summed E-state index contributed by atoms with van der Waals surface area (Å²) in [6.45, 7) is 5.70. The van der Waals surface area contributed by atoms with Crippen molar-refractivity contribution in [2.45, 2.75) is 13.0 Å². The molecule has 1 fully saturated rings. The molecule has 0 N–H and O–H groups in total. The molecule has 5 aromatic carbocycles. The van der Waals surface area contributed by atoms with Crippen molar-refractivity contribution in [2.75, 3.05) is 26.2 Å². The van der Waals surface area contributed by atoms with E-state index in [0.717, 1.165) is 68.9 Å². The number of aliphatic imine (C=N–C) groups is 1. The van der Waals surface area contributed by atoms with Gasteiger partial charge in [0.25, 0.3) is 0 Å². The van der Waals surface area contributed by atoms with Gasteiger partial charge < -0.3 is 4.90 Å². The lowest BCUT2D eigenvalue weighted by Crippen LogP contribution is -2.50. The minimum atomic E-state index is 0.209. The summed E-state index contributed by atoms with van der Waals surface area (Å²) < 4.78 is 1.05. The van der Waals surface area contributed by atoms with Crippen molar-refractivity contribution < 1.29 is 0 Å². The van der Waals surface area contributed by atoms with Gasteiger partial charge >= 0.3 is 0 Å². The summed E-state index contributed by atoms with van der Waals surface area (Å²) in [5.41, 5.74) is 8.08. The van der Waals surface area contributed by atoms with Crippen molar-refractivity contribution >= 4 is 38.1 Å². The Morgan fingerprint density at radius 3 is 1.83 bits per heavy atom. The van der Waals surface area contributed by atoms with E-state index < -0.39 is 0 Å². The maximum Gasteiger partial charge on any atom is 0.146 e. The van der Waals surface area contributed by atoms with Gasteiger partial charge in [0.15, 0.2) is 0 Å². The lowest BCUT2D eigenvalue weighted by molar-refractivity contribution is 0.150. The fourth-order valence-corrected chi connectivity index (χ4v) is 7.31. The molecule has 0 aliphatic carbocycles. The smallest absolute Gasteiger partial charge is 0.146 e. The maximum absolute atomic E-state index is 5.48. The van der Waals surface area contributed by atoms with Crippen LogP contribution >= 0.6 is 27.3 Å². The first-order valence-electron chi connectivity index (χ1n) is 15.7. The van der Waals surface area contributed by atoms with Crippen LogP contribution < -0.4 is 0 Å². The highest BCUT2D eigenvalue weighted by Gasteiger charge is 2.28. The van der Waals surface area contributed by atoms with Crippen LogP contribution in [0.5, 0.6) is 0 Å². The summed E-state index contributed by atoms with van der Waals surface area (Å²) in [6, 6.07) is 49.5. The van der Waals surface area contributed by atoms with Crippen molar-refractivity contribution in [1.82, 2.24) is 14.8 Å². The fourth-order valence-electron chi connectivity index (χ4n) is 6.08. The first-order chi connectivity index (χ1) is 22.6. The second-order valence-corrected chi connectivity index (χ2v) is 13.5. The van der Waals surface area contributed by atoms with Gasteiger partial charge in [0.2, 0.25) is 0 Å². The Balaban J connectivity index is 1.26. The van der Waals surface area contributed by atoms with Crippen LogP contribution in [-0.2, 0) is 0 Å². The minimum Gasteiger partial charge on any atom is -0.354 e. The number of rotatable bonds is 7. The van der Waals surface area contributed by atoms with E-state index in [-0.39, 0.29) is 6.04 Å². The van der Waals surface area contributed by atoms with E-state index in [2.05, 4.69) is 166 Å². The molecule has 0 radical (unpaired) electrons. The summed E-state index contributed by atoms with van der Waals surface area (Å²) in [6.07, 6.45) is 0. The SMILES string of the molecule is Cc1ccc(-c2nc(-c3ccccc3)sc2/N=C(\c2ccc(Br)cc2)N2CCN(C(c3ccccc3)c3ccccc3)CC2)cc1. The molecule has 0 bridgehead atoms. The molecule has 1 aliphatic rings. The summed E-state index contributed by atoms with van der Waals surface area (Å²) in [5.74, 6) is 0.986. The molecule has 7 rings (SSSR count). The summed E-state index contributed by atoms with van der Waals surface area (Å²) >= 11 is 5.29. The molecule has 6 heteroatoms. The molecule has 46 heavy (non-hydrogen) atoms. The van der Waals surface area contributed by atoms with E-state index in [9.17, 15) is 0 Å². The topological polar surface area (TPSA) is 31.7 Å². The van der Waals surface area contributed by atoms with Gasteiger partial charge in [-0.3, -0.25) is 4.90 Å². The fraction of sp³-hybridized carbons (Fsp3) is 0.150. The average molecular weight is 684 g/mol. The number of benzene rings is 5. The summed E-state index contributed by atoms with van der Waals surface area (Å²) in [5, 5.41) is 1.90. The highest BCUT2D eigenvalue weighted by molar-refractivity contribution is 9.10. The number of nitrogens with zero attached hydrogens (tertiary/aromatic N) is 4. The predicted octanol–water partition coefficient (Wildman–Crippen LogP) is 10.0. The Labute approximate surface area is 283 Å². The molecule has 0 atom stereocenters. The molecule has 1 saturated heterocycles. The van der Waals surface area contributed by atoms with Gasteiger partial charge in [0.05, 0.1) is 6.04 Å². The number of halogens is 1. The van der Waals surface area contributed by atoms with Gasteiger partial charge in [-0.05, 0) is 30.2 Å². The standard InChI is InChI=1S/C40H35BrN4S/c1-29-17-19-30(20-18-29)36-40(46-39(42-36)34-15-9-4-10-16-34)43-38(33-21-23-35(41)24-22-33)45-27-25-44(26-28-45)37(31-11-5-2-6-12-31)32-13-7-3-8-14-32/h2-24,37H,25-28H2,1H3/b43-38+. The second kappa shape index (κ2) is 14.0. The van der Waals surface area contributed by atoms with E-state index in [1.807, 2.05) is 6.07 Å². The quantitative estimate of drug-likeness (QED) is 0.124. The van der Waals surface area contributed by atoms with E-state index in [0.29, 0.717) is 0 Å². The molecular weight excluding hydrogens is 648 g/mol. The largest absolute Gasteiger partial charge is 0.354 e. The van der Waals surface area contributed by atoms with Crippen LogP contribution in [0.2, 0.25) is 0 Å². The second-order valence-electron chi connectivity index (χ2n) is 11.6. The number of thiazole rings is 1. The van der Waals surface area contributed by atoms with Crippen LogP contribution in [-0.4, -0.2) is 46.8 Å². The summed E-state index contributed by atoms with van der Waals surface area (Å²) in [7, 11) is 0. The highest BCUT2D eigenvalue weighted by atomic mass is 79.9. The monoisotopic (exact) mass is 682 g/mol. The van der Waals surface area contributed by atoms with Gasteiger partial charge in [0, 0.05) is 47.3 Å². The van der Waals surface area contributed by atoms with Crippen molar-refractivity contribution in [1.29, 1.82) is 0 Å². The lowest BCUT2D eigenvalue weighted by atomic mass is 9.96. The van der Waals surface area contributed by atoms with E-state index >= 15 is 0 Å². The number of piperazine rings is 1. The van der Waals surface area contributed by atoms with Gasteiger partial charge in [-0.1, -0.05) is 160 Å². The van der Waals surface area contributed by atoms with Gasteiger partial charge in [-0.15, -0.1) is 0 Å². The van der Waals surface area contributed by atoms with Crippen molar-refractivity contribution in [2.24, 2.45) is 4.99 Å². The number of aryl methyl sites for hydroxylation is 1. The highest BCUT2D eigenvalue weighted by Crippen LogP contribution is 2.41. The molecule has 1 aliphatic heterocycles. The number of hydrogen-bond acceptors (Lipinski definition) is 4. The molecule has 0 unspecified atom stereocenters. The van der Waals surface area contributed by atoms with Crippen LogP contribution in [0, 0.1) is 6.92 Å². The molecule has 0 saturated carbocycles. The molecular formula is C40H35BrN4S. The molecule has 4 nitrogen and oxygen atoms in total. The Bertz CT molecular complexity index is 1860. The zero-order valence-corrected chi connectivity index (χ0v) is 28.2. The van der Waals surface area contributed by atoms with Crippen molar-refractivity contribution in [3.63, 3.8) is 0 Å². The van der Waals surface area contributed by atoms with E-state index in [1.165, 1.54) is 16.7 Å². The Kier molecular flexibility index (Phi) is 9.19. The Morgan fingerprint density at radius 1 is 0.674 bits per heavy atom. The predicted molar refractivity (Wildman–Crippen MR) is 196 cm³/mol. The zero-order valence-electron chi connectivity index (χ0n) is 25.8. The van der Waals surface area contributed by atoms with Crippen LogP contribution in [0.15, 0.2) is 149 Å². The van der Waals surface area contributed by atoms with Crippen molar-refractivity contribution in [3.8, 4) is 21.8 Å². The summed E-state index contributed by atoms with van der Waals surface area (Å²) in [4.78, 5) is 15.7. The molecule has 6 aromatic rings. The normalized spacial score (nSPS) is 14.2. The van der Waals surface area contributed by atoms with Gasteiger partial charge in [0.1, 0.15) is 21.5 Å². The molecule has 0 amide bonds. The van der Waals surface area contributed by atoms with Crippen LogP contribution in [0.25, 0.3) is 21.8 Å². The lowest BCUT2D eigenvalue weighted by Gasteiger charge is -2.41. The molecule has 2 heterocycles. The van der Waals surface area contributed by atoms with Gasteiger partial charge in [-0.25, -0.2) is 9.98 Å². The third kappa shape index (κ3) is 6.75. The Morgan fingerprint density at radius 2 is 1.24 bits per heavy atom. The molecule has 0 spiro atoms. The van der Waals surface area contributed by atoms with E-state index in [4.69, 9.17) is 9.98 Å². The third-order valence-corrected chi connectivity index (χ3v) is 10.0. The van der Waals surface area contributed by atoms with Crippen molar-refractivity contribution in [3.05, 3.63) is 166 Å². The average Bonchev–Trinajstić information content (AvgIpc) is 3.54. The van der Waals surface area contributed by atoms with Crippen LogP contribution in [0.3, 0.4) is 0 Å². The van der Waals surface area contributed by atoms with E-state index in [1.54, 1.807) is 11.3 Å². The first kappa shape index (κ1) is 30.3. The van der Waals surface area contributed by atoms with Crippen LogP contribution in [0.1, 0.15) is 28.3 Å². The molecule has 1 aromatic heterocycles. The minimum absolute atomic E-state index is 0.209. The molecule has 228 valence electrons. The maximum atomic E-state index is 5.48.